The summed E-state index contributed by atoms with van der Waals surface area (Å²) in [4.78, 5) is 5.51. The van der Waals surface area contributed by atoms with E-state index in [1.54, 1.807) is 10.7 Å². The van der Waals surface area contributed by atoms with Crippen molar-refractivity contribution >= 4 is 34.6 Å². The highest BCUT2D eigenvalue weighted by Crippen LogP contribution is 2.30. The quantitative estimate of drug-likeness (QED) is 0.515. The second-order valence-electron chi connectivity index (χ2n) is 4.45. The number of hydrogen-bond acceptors (Lipinski definition) is 4. The molecule has 0 radical (unpaired) electrons. The molecule has 2 rings (SSSR count). The van der Waals surface area contributed by atoms with Gasteiger partial charge in [-0.2, -0.15) is 5.10 Å². The molecule has 0 aliphatic carbocycles. The highest BCUT2D eigenvalue weighted by atomic mass is 35.5. The molecule has 0 fully saturated rings. The maximum Gasteiger partial charge on any atom is 0.174 e. The van der Waals surface area contributed by atoms with E-state index in [1.165, 1.54) is 11.8 Å². The SMILES string of the molecule is C=C(/C=C\C=C/C)c1nc2c(Cl)cnn2cc1S[C@H](C)N. The van der Waals surface area contributed by atoms with Crippen molar-refractivity contribution in [1.29, 1.82) is 0 Å². The summed E-state index contributed by atoms with van der Waals surface area (Å²) < 4.78 is 1.65. The minimum atomic E-state index is -0.0543. The third-order valence-electron chi connectivity index (χ3n) is 2.63. The van der Waals surface area contributed by atoms with E-state index in [1.807, 2.05) is 44.3 Å². The molecule has 0 bridgehead atoms. The first-order chi connectivity index (χ1) is 10.0. The van der Waals surface area contributed by atoms with Gasteiger partial charge in [0.1, 0.15) is 5.02 Å². The second kappa shape index (κ2) is 6.93. The van der Waals surface area contributed by atoms with E-state index < -0.39 is 0 Å². The van der Waals surface area contributed by atoms with Gasteiger partial charge in [-0.25, -0.2) is 9.50 Å². The topological polar surface area (TPSA) is 56.2 Å². The van der Waals surface area contributed by atoms with Crippen LogP contribution in [0.25, 0.3) is 11.2 Å². The Hall–Kier alpha value is -1.56. The maximum absolute atomic E-state index is 6.10. The Morgan fingerprint density at radius 3 is 2.95 bits per heavy atom. The molecule has 1 atom stereocenters. The molecule has 0 unspecified atom stereocenters. The third kappa shape index (κ3) is 3.75. The Morgan fingerprint density at radius 2 is 2.29 bits per heavy atom. The third-order valence-corrected chi connectivity index (χ3v) is 3.83. The summed E-state index contributed by atoms with van der Waals surface area (Å²) in [5.41, 5.74) is 8.07. The molecule has 2 heterocycles. The van der Waals surface area contributed by atoms with E-state index >= 15 is 0 Å². The smallest absolute Gasteiger partial charge is 0.174 e. The Morgan fingerprint density at radius 1 is 1.52 bits per heavy atom. The van der Waals surface area contributed by atoms with Crippen LogP contribution in [-0.4, -0.2) is 20.0 Å². The number of thioether (sulfide) groups is 1. The summed E-state index contributed by atoms with van der Waals surface area (Å²) >= 11 is 7.61. The summed E-state index contributed by atoms with van der Waals surface area (Å²) in [6, 6.07) is 0. The average molecular weight is 321 g/mol. The summed E-state index contributed by atoms with van der Waals surface area (Å²) in [5, 5.41) is 4.63. The van der Waals surface area contributed by atoms with Crippen LogP contribution in [0.15, 0.2) is 48.2 Å². The van der Waals surface area contributed by atoms with E-state index in [0.29, 0.717) is 10.7 Å². The fourth-order valence-corrected chi connectivity index (χ4v) is 2.77. The molecule has 2 aromatic heterocycles. The number of nitrogens with zero attached hydrogens (tertiary/aromatic N) is 3. The van der Waals surface area contributed by atoms with Gasteiger partial charge in [0.25, 0.3) is 0 Å². The fraction of sp³-hybridized carbons (Fsp3) is 0.200. The molecule has 110 valence electrons. The Labute approximate surface area is 133 Å². The zero-order valence-electron chi connectivity index (χ0n) is 12.0. The molecule has 2 aromatic rings. The lowest BCUT2D eigenvalue weighted by Crippen LogP contribution is -2.10. The first-order valence-corrected chi connectivity index (χ1v) is 7.73. The molecular formula is C15H17ClN4S. The van der Waals surface area contributed by atoms with Crippen LogP contribution >= 0.6 is 23.4 Å². The lowest BCUT2D eigenvalue weighted by atomic mass is 10.2. The van der Waals surface area contributed by atoms with Crippen LogP contribution in [0.2, 0.25) is 5.02 Å². The first-order valence-electron chi connectivity index (χ1n) is 6.47. The van der Waals surface area contributed by atoms with E-state index in [4.69, 9.17) is 17.3 Å². The van der Waals surface area contributed by atoms with Crippen molar-refractivity contribution in [3.8, 4) is 0 Å². The molecule has 0 aromatic carbocycles. The highest BCUT2D eigenvalue weighted by molar-refractivity contribution is 7.99. The van der Waals surface area contributed by atoms with E-state index in [9.17, 15) is 0 Å². The van der Waals surface area contributed by atoms with E-state index in [2.05, 4.69) is 16.7 Å². The lowest BCUT2D eigenvalue weighted by molar-refractivity contribution is 0.904. The van der Waals surface area contributed by atoms with Crippen molar-refractivity contribution in [3.05, 3.63) is 54.0 Å². The van der Waals surface area contributed by atoms with Crippen LogP contribution in [0.5, 0.6) is 0 Å². The number of hydrogen-bond donors (Lipinski definition) is 1. The van der Waals surface area contributed by atoms with Crippen LogP contribution in [0.4, 0.5) is 0 Å². The number of halogens is 1. The van der Waals surface area contributed by atoms with Crippen molar-refractivity contribution in [2.24, 2.45) is 5.73 Å². The Kier molecular flexibility index (Phi) is 5.22. The number of rotatable bonds is 5. The normalized spacial score (nSPS) is 13.5. The van der Waals surface area contributed by atoms with Crippen LogP contribution in [0.3, 0.4) is 0 Å². The predicted octanol–water partition coefficient (Wildman–Crippen LogP) is 3.93. The van der Waals surface area contributed by atoms with Crippen molar-refractivity contribution in [2.75, 3.05) is 0 Å². The molecule has 0 saturated carbocycles. The van der Waals surface area contributed by atoms with Gasteiger partial charge in [0.05, 0.1) is 22.2 Å². The minimum absolute atomic E-state index is 0.0543. The van der Waals surface area contributed by atoms with Gasteiger partial charge in [0.2, 0.25) is 0 Å². The molecule has 6 heteroatoms. The van der Waals surface area contributed by atoms with Crippen molar-refractivity contribution < 1.29 is 0 Å². The van der Waals surface area contributed by atoms with Crippen molar-refractivity contribution in [2.45, 2.75) is 24.1 Å². The van der Waals surface area contributed by atoms with Gasteiger partial charge >= 0.3 is 0 Å². The van der Waals surface area contributed by atoms with Crippen LogP contribution in [0, 0.1) is 0 Å². The minimum Gasteiger partial charge on any atom is -0.319 e. The largest absolute Gasteiger partial charge is 0.319 e. The molecule has 4 nitrogen and oxygen atoms in total. The van der Waals surface area contributed by atoms with E-state index in [-0.39, 0.29) is 5.37 Å². The molecule has 2 N–H and O–H groups in total. The highest BCUT2D eigenvalue weighted by Gasteiger charge is 2.13. The standard InChI is InChI=1S/C15H17ClN4S/c1-4-5-6-7-10(2)14-13(21-11(3)17)9-20-15(19-14)12(16)8-18-20/h4-9,11H,2,17H2,1,3H3/b5-4-,7-6-/t11-/m1/s1. The average Bonchev–Trinajstić information content (AvgIpc) is 2.78. The zero-order chi connectivity index (χ0) is 15.4. The van der Waals surface area contributed by atoms with Gasteiger partial charge < -0.3 is 5.73 Å². The van der Waals surface area contributed by atoms with Crippen LogP contribution in [-0.2, 0) is 0 Å². The summed E-state index contributed by atoms with van der Waals surface area (Å²) in [6.45, 7) is 7.96. The molecular weight excluding hydrogens is 304 g/mol. The van der Waals surface area contributed by atoms with Gasteiger partial charge in [-0.15, -0.1) is 11.8 Å². The predicted molar refractivity (Wildman–Crippen MR) is 90.5 cm³/mol. The summed E-state index contributed by atoms with van der Waals surface area (Å²) in [6.07, 6.45) is 11.2. The van der Waals surface area contributed by atoms with Crippen molar-refractivity contribution in [3.63, 3.8) is 0 Å². The summed E-state index contributed by atoms with van der Waals surface area (Å²) in [7, 11) is 0. The molecule has 21 heavy (non-hydrogen) atoms. The number of allylic oxidation sites excluding steroid dienone is 5. The molecule has 0 aliphatic rings. The number of aromatic nitrogens is 3. The second-order valence-corrected chi connectivity index (χ2v) is 6.27. The molecule has 0 spiro atoms. The monoisotopic (exact) mass is 320 g/mol. The molecule has 0 amide bonds. The molecule has 0 aliphatic heterocycles. The summed E-state index contributed by atoms with van der Waals surface area (Å²) in [5.74, 6) is 0. The van der Waals surface area contributed by atoms with Crippen LogP contribution in [0.1, 0.15) is 19.5 Å². The zero-order valence-corrected chi connectivity index (χ0v) is 13.5. The Balaban J connectivity index is 2.51. The number of fused-ring (bicyclic) bond motifs is 1. The van der Waals surface area contributed by atoms with Crippen molar-refractivity contribution in [1.82, 2.24) is 14.6 Å². The van der Waals surface area contributed by atoms with Gasteiger partial charge in [0, 0.05) is 6.20 Å². The van der Waals surface area contributed by atoms with Gasteiger partial charge in [-0.05, 0) is 19.4 Å². The van der Waals surface area contributed by atoms with Gasteiger partial charge in [0.15, 0.2) is 5.65 Å². The number of nitrogens with two attached hydrogens (primary N) is 1. The fourth-order valence-electron chi connectivity index (χ4n) is 1.75. The van der Waals surface area contributed by atoms with Gasteiger partial charge in [-0.1, -0.05) is 42.5 Å². The van der Waals surface area contributed by atoms with Crippen LogP contribution < -0.4 is 5.73 Å². The first kappa shape index (κ1) is 15.8. The maximum atomic E-state index is 6.10. The van der Waals surface area contributed by atoms with E-state index in [0.717, 1.165) is 16.2 Å². The van der Waals surface area contributed by atoms with Gasteiger partial charge in [-0.3, -0.25) is 0 Å². The lowest BCUT2D eigenvalue weighted by Gasteiger charge is -2.11. The Bertz CT molecular complexity index is 716. The molecule has 0 saturated heterocycles.